The summed E-state index contributed by atoms with van der Waals surface area (Å²) in [6.07, 6.45) is 4.66. The zero-order valence-corrected chi connectivity index (χ0v) is 27.9. The minimum absolute atomic E-state index is 0.000645. The maximum atomic E-state index is 13.8. The van der Waals surface area contributed by atoms with E-state index in [0.29, 0.717) is 15.1 Å². The number of hydrogen-bond acceptors (Lipinski definition) is 8. The average molecular weight is 726 g/mol. The molecule has 0 unspecified atom stereocenters. The number of pyridine rings is 1. The smallest absolute Gasteiger partial charge is 0.387 e. The van der Waals surface area contributed by atoms with Gasteiger partial charge in [0.1, 0.15) is 27.6 Å². The first-order chi connectivity index (χ1) is 22.8. The monoisotopic (exact) mass is 724 g/mol. The predicted octanol–water partition coefficient (Wildman–Crippen LogP) is 5.78. The van der Waals surface area contributed by atoms with E-state index in [-0.39, 0.29) is 50.9 Å². The fourth-order valence-electron chi connectivity index (χ4n) is 4.73. The van der Waals surface area contributed by atoms with Crippen molar-refractivity contribution in [2.45, 2.75) is 36.9 Å². The molecule has 4 aromatic rings. The Labute approximate surface area is 284 Å². The van der Waals surface area contributed by atoms with Crippen LogP contribution in [0.1, 0.15) is 50.9 Å². The number of H-pyrrole nitrogens is 1. The summed E-state index contributed by atoms with van der Waals surface area (Å²) in [5.41, 5.74) is 0.0239. The highest BCUT2D eigenvalue weighted by molar-refractivity contribution is 7.90. The normalized spacial score (nSPS) is 13.6. The number of phenols is 1. The Kier molecular flexibility index (Phi) is 10.5. The Morgan fingerprint density at radius 3 is 2.42 bits per heavy atom. The zero-order chi connectivity index (χ0) is 34.7. The van der Waals surface area contributed by atoms with Gasteiger partial charge >= 0.3 is 12.6 Å². The number of alkyl halides is 2. The highest BCUT2D eigenvalue weighted by atomic mass is 35.5. The summed E-state index contributed by atoms with van der Waals surface area (Å²) in [5.74, 6) is -2.07. The maximum absolute atomic E-state index is 13.8. The van der Waals surface area contributed by atoms with Gasteiger partial charge < -0.3 is 24.2 Å². The van der Waals surface area contributed by atoms with Crippen molar-refractivity contribution >= 4 is 45.1 Å². The summed E-state index contributed by atoms with van der Waals surface area (Å²) >= 11 is 12.8. The number of esters is 1. The van der Waals surface area contributed by atoms with Crippen LogP contribution in [0.3, 0.4) is 0 Å². The summed E-state index contributed by atoms with van der Waals surface area (Å²) < 4.78 is 70.9. The average Bonchev–Trinajstić information content (AvgIpc) is 3.72. The van der Waals surface area contributed by atoms with Crippen LogP contribution >= 0.6 is 23.2 Å². The van der Waals surface area contributed by atoms with E-state index in [4.69, 9.17) is 32.7 Å². The van der Waals surface area contributed by atoms with Crippen molar-refractivity contribution in [2.24, 2.45) is 5.92 Å². The van der Waals surface area contributed by atoms with Gasteiger partial charge in [0, 0.05) is 32.3 Å². The Hall–Kier alpha value is -4.40. The highest BCUT2D eigenvalue weighted by Crippen LogP contribution is 2.38. The standard InChI is InChI=1S/C32H29Cl2F2N3O8S/c1-38(2)30(41)22-13-20(8-9-26(22)40)48(43,44)39-11-3-4-25(39)31(42)46-28(14-21-23(33)15-37-16-24(21)34)19-7-10-27(47-32(35)36)29(12-19)45-17-18-5-6-18/h3-4,7-13,15-16,18,28,32,40H,5-6,14,17H2,1-2H3/p+1/t28-/m0/s1. The van der Waals surface area contributed by atoms with Crippen molar-refractivity contribution in [2.75, 3.05) is 20.7 Å². The molecule has 2 heterocycles. The van der Waals surface area contributed by atoms with Gasteiger partial charge in [0.25, 0.3) is 15.9 Å². The van der Waals surface area contributed by atoms with Crippen LogP contribution in [0, 0.1) is 5.92 Å². The largest absolute Gasteiger partial charge is 0.507 e. The fourth-order valence-corrected chi connectivity index (χ4v) is 6.62. The maximum Gasteiger partial charge on any atom is 0.387 e. The number of hydrogen-bond donors (Lipinski definition) is 1. The molecule has 1 aliphatic carbocycles. The number of nitrogens with one attached hydrogen (secondary N) is 1. The molecular formula is C32H30Cl2F2N3O8S+. The minimum Gasteiger partial charge on any atom is -0.507 e. The number of nitrogens with zero attached hydrogens (tertiary/aromatic N) is 2. The molecule has 11 nitrogen and oxygen atoms in total. The lowest BCUT2D eigenvalue weighted by molar-refractivity contribution is -0.377. The second-order valence-corrected chi connectivity index (χ2v) is 13.8. The van der Waals surface area contributed by atoms with E-state index in [1.165, 1.54) is 61.7 Å². The van der Waals surface area contributed by atoms with Gasteiger partial charge in [-0.2, -0.15) is 8.78 Å². The summed E-state index contributed by atoms with van der Waals surface area (Å²) in [5, 5.41) is 10.6. The van der Waals surface area contributed by atoms with Crippen LogP contribution in [-0.2, 0) is 21.2 Å². The van der Waals surface area contributed by atoms with E-state index >= 15 is 0 Å². The molecule has 2 aromatic carbocycles. The van der Waals surface area contributed by atoms with Gasteiger partial charge in [-0.15, -0.1) is 0 Å². The molecule has 0 spiro atoms. The van der Waals surface area contributed by atoms with Crippen molar-refractivity contribution in [3.8, 4) is 17.2 Å². The third-order valence-electron chi connectivity index (χ3n) is 7.45. The van der Waals surface area contributed by atoms with Crippen molar-refractivity contribution < 1.29 is 51.1 Å². The lowest BCUT2D eigenvalue weighted by Gasteiger charge is -2.21. The number of aromatic amines is 1. The molecule has 0 radical (unpaired) electrons. The summed E-state index contributed by atoms with van der Waals surface area (Å²) in [7, 11) is -1.62. The number of halogens is 4. The van der Waals surface area contributed by atoms with E-state index in [1.807, 2.05) is 0 Å². The number of aromatic hydroxyl groups is 1. The van der Waals surface area contributed by atoms with Crippen LogP contribution in [0.5, 0.6) is 17.2 Å². The SMILES string of the molecule is CN(C)C(=O)c1cc(S(=O)(=O)n2cccc2C(=O)O[C@@H](Cc2c(Cl)c[nH+]cc2Cl)c2ccc(OC(F)F)c(OCC3CC3)c2)ccc1O. The van der Waals surface area contributed by atoms with Gasteiger partial charge in [0.15, 0.2) is 23.9 Å². The number of carbonyl (C=O) groups is 2. The fraction of sp³-hybridized carbons (Fsp3) is 0.281. The van der Waals surface area contributed by atoms with E-state index < -0.39 is 46.1 Å². The first kappa shape index (κ1) is 34.9. The first-order valence-corrected chi connectivity index (χ1v) is 16.7. The van der Waals surface area contributed by atoms with Crippen LogP contribution in [0.2, 0.25) is 10.0 Å². The number of amides is 1. The molecule has 16 heteroatoms. The molecule has 1 saturated carbocycles. The molecule has 1 amide bonds. The van der Waals surface area contributed by atoms with E-state index in [2.05, 4.69) is 9.72 Å². The third kappa shape index (κ3) is 7.83. The van der Waals surface area contributed by atoms with E-state index in [0.717, 1.165) is 37.2 Å². The molecule has 1 atom stereocenters. The molecule has 254 valence electrons. The van der Waals surface area contributed by atoms with Gasteiger partial charge in [-0.05, 0) is 66.8 Å². The van der Waals surface area contributed by atoms with Crippen molar-refractivity contribution in [3.63, 3.8) is 0 Å². The second kappa shape index (κ2) is 14.4. The molecule has 0 saturated heterocycles. The summed E-state index contributed by atoms with van der Waals surface area (Å²) in [6.45, 7) is -2.85. The van der Waals surface area contributed by atoms with Gasteiger partial charge in [-0.1, -0.05) is 29.3 Å². The number of ether oxygens (including phenoxy) is 3. The Morgan fingerprint density at radius 2 is 1.77 bits per heavy atom. The van der Waals surface area contributed by atoms with E-state index in [1.54, 1.807) is 0 Å². The number of phenolic OH excluding ortho intramolecular Hbond substituents is 1. The van der Waals surface area contributed by atoms with Crippen LogP contribution in [0.25, 0.3) is 0 Å². The lowest BCUT2D eigenvalue weighted by atomic mass is 10.0. The predicted molar refractivity (Wildman–Crippen MR) is 169 cm³/mol. The zero-order valence-electron chi connectivity index (χ0n) is 25.5. The summed E-state index contributed by atoms with van der Waals surface area (Å²) in [6, 6.07) is 9.79. The molecule has 2 aromatic heterocycles. The van der Waals surface area contributed by atoms with Crippen LogP contribution in [-0.4, -0.2) is 61.6 Å². The molecule has 1 fully saturated rings. The van der Waals surface area contributed by atoms with Crippen molar-refractivity contribution in [1.29, 1.82) is 0 Å². The minimum atomic E-state index is -4.50. The second-order valence-electron chi connectivity index (χ2n) is 11.1. The molecule has 0 aliphatic heterocycles. The number of aromatic nitrogens is 2. The Morgan fingerprint density at radius 1 is 1.06 bits per heavy atom. The molecule has 0 bridgehead atoms. The first-order valence-electron chi connectivity index (χ1n) is 14.5. The van der Waals surface area contributed by atoms with Gasteiger partial charge in [-0.25, -0.2) is 22.2 Å². The van der Waals surface area contributed by atoms with E-state index in [9.17, 15) is 31.9 Å². The molecule has 48 heavy (non-hydrogen) atoms. The highest BCUT2D eigenvalue weighted by Gasteiger charge is 2.30. The number of carbonyl (C=O) groups excluding carboxylic acids is 2. The molecule has 2 N–H and O–H groups in total. The third-order valence-corrected chi connectivity index (χ3v) is 9.81. The Balaban J connectivity index is 1.51. The topological polar surface area (TPSA) is 139 Å². The molecule has 1 aliphatic rings. The van der Waals surface area contributed by atoms with Crippen LogP contribution < -0.4 is 14.5 Å². The quantitative estimate of drug-likeness (QED) is 0.171. The van der Waals surface area contributed by atoms with Crippen molar-refractivity contribution in [3.05, 3.63) is 99.6 Å². The Bertz CT molecular complexity index is 1930. The van der Waals surface area contributed by atoms with Gasteiger partial charge in [0.2, 0.25) is 0 Å². The molecular weight excluding hydrogens is 695 g/mol. The van der Waals surface area contributed by atoms with Gasteiger partial charge in [0.05, 0.1) is 17.1 Å². The van der Waals surface area contributed by atoms with Crippen LogP contribution in [0.4, 0.5) is 8.78 Å². The number of benzene rings is 2. The van der Waals surface area contributed by atoms with Gasteiger partial charge in [-0.3, -0.25) is 4.79 Å². The number of rotatable bonds is 13. The lowest BCUT2D eigenvalue weighted by Crippen LogP contribution is -2.23. The molecule has 5 rings (SSSR count). The van der Waals surface area contributed by atoms with Crippen molar-refractivity contribution in [1.82, 2.24) is 8.87 Å². The van der Waals surface area contributed by atoms with Crippen LogP contribution in [0.15, 0.2) is 72.0 Å². The summed E-state index contributed by atoms with van der Waals surface area (Å²) in [4.78, 5) is 29.9.